The molecular formula is C23H28FN2O3+. The zero-order chi connectivity index (χ0) is 20.1. The number of quaternary nitrogens is 1. The second kappa shape index (κ2) is 9.27. The Balaban J connectivity index is 1.36. The van der Waals surface area contributed by atoms with Crippen molar-refractivity contribution in [3.05, 3.63) is 59.4 Å². The van der Waals surface area contributed by atoms with Crippen molar-refractivity contribution in [1.29, 1.82) is 0 Å². The Morgan fingerprint density at radius 1 is 1.00 bits per heavy atom. The zero-order valence-corrected chi connectivity index (χ0v) is 16.6. The van der Waals surface area contributed by atoms with Gasteiger partial charge in [-0.05, 0) is 55.5 Å². The van der Waals surface area contributed by atoms with E-state index in [4.69, 9.17) is 9.47 Å². The third-order valence-electron chi connectivity index (χ3n) is 5.84. The van der Waals surface area contributed by atoms with Gasteiger partial charge in [-0.2, -0.15) is 0 Å². The van der Waals surface area contributed by atoms with Gasteiger partial charge in [-0.3, -0.25) is 4.79 Å². The molecule has 29 heavy (non-hydrogen) atoms. The Morgan fingerprint density at radius 3 is 2.52 bits per heavy atom. The number of hydrogen-bond acceptors (Lipinski definition) is 3. The van der Waals surface area contributed by atoms with Gasteiger partial charge in [0.2, 0.25) is 6.79 Å². The molecule has 1 aliphatic heterocycles. The number of fused-ring (bicyclic) bond motifs is 1. The molecule has 1 atom stereocenters. The lowest BCUT2D eigenvalue weighted by atomic mass is 9.93. The van der Waals surface area contributed by atoms with E-state index in [9.17, 15) is 9.18 Å². The number of nitrogens with one attached hydrogen (secondary N) is 2. The molecule has 1 amide bonds. The number of halogens is 1. The molecule has 0 saturated heterocycles. The van der Waals surface area contributed by atoms with Crippen LogP contribution in [0, 0.1) is 5.82 Å². The first kappa shape index (κ1) is 19.7. The van der Waals surface area contributed by atoms with Crippen molar-refractivity contribution in [2.75, 3.05) is 13.3 Å². The molecule has 0 spiro atoms. The Labute approximate surface area is 170 Å². The lowest BCUT2D eigenvalue weighted by molar-refractivity contribution is -0.932. The maximum atomic E-state index is 13.2. The van der Waals surface area contributed by atoms with Gasteiger partial charge in [0, 0.05) is 12.1 Å². The van der Waals surface area contributed by atoms with Gasteiger partial charge >= 0.3 is 0 Å². The normalized spacial score (nSPS) is 17.1. The van der Waals surface area contributed by atoms with Crippen LogP contribution in [0.2, 0.25) is 0 Å². The van der Waals surface area contributed by atoms with E-state index in [2.05, 4.69) is 5.32 Å². The molecule has 2 aromatic carbocycles. The number of carbonyl (C=O) groups excluding carboxylic acids is 1. The predicted molar refractivity (Wildman–Crippen MR) is 107 cm³/mol. The van der Waals surface area contributed by atoms with Gasteiger partial charge in [0.25, 0.3) is 5.91 Å². The SMILES string of the molecule is O=C(C[NH+](Cc1ccc(F)cc1)C1CCCCC1)NCc1ccc2c(c1)OCO2. The van der Waals surface area contributed by atoms with Gasteiger partial charge in [0.1, 0.15) is 12.4 Å². The maximum Gasteiger partial charge on any atom is 0.275 e. The number of rotatable bonds is 7. The van der Waals surface area contributed by atoms with E-state index < -0.39 is 0 Å². The average molecular weight is 399 g/mol. The summed E-state index contributed by atoms with van der Waals surface area (Å²) < 4.78 is 24.0. The van der Waals surface area contributed by atoms with Crippen molar-refractivity contribution in [3.63, 3.8) is 0 Å². The van der Waals surface area contributed by atoms with E-state index in [1.807, 2.05) is 30.3 Å². The fourth-order valence-corrected chi connectivity index (χ4v) is 4.25. The Morgan fingerprint density at radius 2 is 1.72 bits per heavy atom. The fourth-order valence-electron chi connectivity index (χ4n) is 4.25. The first-order chi connectivity index (χ1) is 14.2. The largest absolute Gasteiger partial charge is 0.454 e. The molecule has 5 nitrogen and oxygen atoms in total. The highest BCUT2D eigenvalue weighted by molar-refractivity contribution is 5.76. The summed E-state index contributed by atoms with van der Waals surface area (Å²) in [6, 6.07) is 12.8. The van der Waals surface area contributed by atoms with E-state index in [1.54, 1.807) is 0 Å². The molecule has 0 aromatic heterocycles. The second-order valence-corrected chi connectivity index (χ2v) is 7.94. The van der Waals surface area contributed by atoms with E-state index in [1.165, 1.54) is 36.3 Å². The van der Waals surface area contributed by atoms with Crippen LogP contribution in [0.5, 0.6) is 11.5 Å². The topological polar surface area (TPSA) is 52.0 Å². The molecule has 1 fully saturated rings. The van der Waals surface area contributed by atoms with Crippen LogP contribution in [-0.2, 0) is 17.9 Å². The summed E-state index contributed by atoms with van der Waals surface area (Å²) >= 11 is 0. The molecule has 4 rings (SSSR count). The van der Waals surface area contributed by atoms with Crippen molar-refractivity contribution in [2.24, 2.45) is 0 Å². The van der Waals surface area contributed by atoms with Crippen LogP contribution in [0.3, 0.4) is 0 Å². The molecule has 2 N–H and O–H groups in total. The molecule has 2 aromatic rings. The standard InChI is InChI=1S/C23H27FN2O3/c24-19-9-6-17(7-10-19)14-26(20-4-2-1-3-5-20)15-23(27)25-13-18-8-11-21-22(12-18)29-16-28-21/h6-12,20H,1-5,13-16H2,(H,25,27)/p+1. The molecule has 0 radical (unpaired) electrons. The molecule has 1 heterocycles. The van der Waals surface area contributed by atoms with Crippen LogP contribution >= 0.6 is 0 Å². The number of amides is 1. The number of ether oxygens (including phenoxy) is 2. The third-order valence-corrected chi connectivity index (χ3v) is 5.84. The van der Waals surface area contributed by atoms with Crippen molar-refractivity contribution in [2.45, 2.75) is 51.2 Å². The lowest BCUT2D eigenvalue weighted by Gasteiger charge is -2.31. The number of benzene rings is 2. The lowest BCUT2D eigenvalue weighted by Crippen LogP contribution is -3.15. The molecule has 154 valence electrons. The quantitative estimate of drug-likeness (QED) is 0.753. The third kappa shape index (κ3) is 5.26. The van der Waals surface area contributed by atoms with E-state index in [0.29, 0.717) is 19.1 Å². The van der Waals surface area contributed by atoms with Gasteiger partial charge in [0.15, 0.2) is 18.0 Å². The van der Waals surface area contributed by atoms with Crippen LogP contribution < -0.4 is 19.7 Å². The van der Waals surface area contributed by atoms with Crippen LogP contribution in [0.4, 0.5) is 4.39 Å². The minimum Gasteiger partial charge on any atom is -0.454 e. The molecule has 1 aliphatic carbocycles. The summed E-state index contributed by atoms with van der Waals surface area (Å²) in [4.78, 5) is 14.0. The summed E-state index contributed by atoms with van der Waals surface area (Å²) in [5.41, 5.74) is 2.05. The summed E-state index contributed by atoms with van der Waals surface area (Å²) in [6.07, 6.45) is 6.00. The summed E-state index contributed by atoms with van der Waals surface area (Å²) in [6.45, 7) is 1.87. The van der Waals surface area contributed by atoms with Gasteiger partial charge in [-0.15, -0.1) is 0 Å². The van der Waals surface area contributed by atoms with Crippen molar-refractivity contribution >= 4 is 5.91 Å². The van der Waals surface area contributed by atoms with Gasteiger partial charge < -0.3 is 19.7 Å². The highest BCUT2D eigenvalue weighted by Crippen LogP contribution is 2.32. The zero-order valence-electron chi connectivity index (χ0n) is 16.6. The first-order valence-electron chi connectivity index (χ1n) is 10.4. The molecule has 0 bridgehead atoms. The highest BCUT2D eigenvalue weighted by atomic mass is 19.1. The van der Waals surface area contributed by atoms with Gasteiger partial charge in [-0.1, -0.05) is 24.6 Å². The summed E-state index contributed by atoms with van der Waals surface area (Å²) in [7, 11) is 0. The van der Waals surface area contributed by atoms with Crippen molar-refractivity contribution < 1.29 is 23.6 Å². The van der Waals surface area contributed by atoms with Gasteiger partial charge in [-0.25, -0.2) is 4.39 Å². The van der Waals surface area contributed by atoms with Gasteiger partial charge in [0.05, 0.1) is 6.04 Å². The number of hydrogen-bond donors (Lipinski definition) is 2. The molecule has 1 unspecified atom stereocenters. The van der Waals surface area contributed by atoms with Crippen molar-refractivity contribution in [3.8, 4) is 11.5 Å². The van der Waals surface area contributed by atoms with Crippen molar-refractivity contribution in [1.82, 2.24) is 5.32 Å². The van der Waals surface area contributed by atoms with Crippen LogP contribution in [0.15, 0.2) is 42.5 Å². The molecule has 2 aliphatic rings. The predicted octanol–water partition coefficient (Wildman–Crippen LogP) is 2.59. The monoisotopic (exact) mass is 399 g/mol. The molecular weight excluding hydrogens is 371 g/mol. The van der Waals surface area contributed by atoms with Crippen LogP contribution in [-0.4, -0.2) is 25.3 Å². The molecule has 1 saturated carbocycles. The first-order valence-corrected chi connectivity index (χ1v) is 10.4. The second-order valence-electron chi connectivity index (χ2n) is 7.94. The molecule has 6 heteroatoms. The Bertz CT molecular complexity index is 835. The summed E-state index contributed by atoms with van der Waals surface area (Å²) in [5, 5.41) is 3.04. The van der Waals surface area contributed by atoms with Crippen LogP contribution in [0.1, 0.15) is 43.2 Å². The maximum absolute atomic E-state index is 13.2. The van der Waals surface area contributed by atoms with Crippen LogP contribution in [0.25, 0.3) is 0 Å². The Hall–Kier alpha value is -2.60. The number of carbonyl (C=O) groups is 1. The highest BCUT2D eigenvalue weighted by Gasteiger charge is 2.27. The average Bonchev–Trinajstić information content (AvgIpc) is 3.22. The summed E-state index contributed by atoms with van der Waals surface area (Å²) in [5.74, 6) is 1.27. The van der Waals surface area contributed by atoms with E-state index >= 15 is 0 Å². The Kier molecular flexibility index (Phi) is 6.30. The smallest absolute Gasteiger partial charge is 0.275 e. The minimum atomic E-state index is -0.227. The van der Waals surface area contributed by atoms with E-state index in [-0.39, 0.29) is 18.5 Å². The minimum absolute atomic E-state index is 0.0327. The fraction of sp³-hybridized carbons (Fsp3) is 0.435. The van der Waals surface area contributed by atoms with E-state index in [0.717, 1.165) is 42.0 Å².